The second kappa shape index (κ2) is 4.07. The molecule has 1 N–H and O–H groups in total. The molecule has 0 radical (unpaired) electrons. The van der Waals surface area contributed by atoms with E-state index in [-0.39, 0.29) is 0 Å². The van der Waals surface area contributed by atoms with E-state index in [0.717, 1.165) is 13.0 Å². The van der Waals surface area contributed by atoms with E-state index in [9.17, 15) is 9.90 Å². The summed E-state index contributed by atoms with van der Waals surface area (Å²) in [6.45, 7) is 3.38. The smallest absolute Gasteiger partial charge is 0.339 e. The molecule has 0 amide bonds. The summed E-state index contributed by atoms with van der Waals surface area (Å²) in [7, 11) is 1.89. The van der Waals surface area contributed by atoms with Crippen LogP contribution < -0.4 is 0 Å². The highest BCUT2D eigenvalue weighted by Crippen LogP contribution is 2.21. The van der Waals surface area contributed by atoms with Crippen molar-refractivity contribution in [2.24, 2.45) is 0 Å². The van der Waals surface area contributed by atoms with Crippen LogP contribution in [0.15, 0.2) is 0 Å². The molecule has 0 aliphatic carbocycles. The third-order valence-electron chi connectivity index (χ3n) is 2.32. The van der Waals surface area contributed by atoms with Crippen molar-refractivity contribution in [3.05, 3.63) is 0 Å². The molecule has 0 aromatic heterocycles. The Kier molecular flexibility index (Phi) is 3.27. The molecule has 1 unspecified atom stereocenters. The van der Waals surface area contributed by atoms with Gasteiger partial charge in [-0.1, -0.05) is 0 Å². The van der Waals surface area contributed by atoms with Crippen molar-refractivity contribution < 1.29 is 14.6 Å². The average molecular weight is 187 g/mol. The van der Waals surface area contributed by atoms with Gasteiger partial charge >= 0.3 is 5.97 Å². The quantitative estimate of drug-likeness (QED) is 0.618. The van der Waals surface area contributed by atoms with Gasteiger partial charge in [-0.3, -0.25) is 0 Å². The number of nitrogens with zero attached hydrogens (tertiary/aromatic N) is 1. The summed E-state index contributed by atoms with van der Waals surface area (Å²) in [4.78, 5) is 13.3. The maximum absolute atomic E-state index is 11.4. The third-order valence-corrected chi connectivity index (χ3v) is 2.32. The van der Waals surface area contributed by atoms with E-state index >= 15 is 0 Å². The van der Waals surface area contributed by atoms with Gasteiger partial charge in [0.1, 0.15) is 0 Å². The van der Waals surface area contributed by atoms with Gasteiger partial charge in [-0.15, -0.1) is 0 Å². The number of carbonyl (C=O) groups excluding carboxylic acids is 1. The van der Waals surface area contributed by atoms with E-state index in [0.29, 0.717) is 19.6 Å². The molecule has 1 aliphatic rings. The number of hydrogen-bond donors (Lipinski definition) is 1. The lowest BCUT2D eigenvalue weighted by atomic mass is 9.93. The lowest BCUT2D eigenvalue weighted by molar-refractivity contribution is -0.170. The lowest BCUT2D eigenvalue weighted by Crippen LogP contribution is -2.52. The van der Waals surface area contributed by atoms with Crippen LogP contribution in [-0.2, 0) is 9.53 Å². The Bertz CT molecular complexity index is 195. The van der Waals surface area contributed by atoms with Crippen LogP contribution in [0.2, 0.25) is 0 Å². The van der Waals surface area contributed by atoms with Crippen LogP contribution >= 0.6 is 0 Å². The monoisotopic (exact) mass is 187 g/mol. The molecule has 1 saturated heterocycles. The summed E-state index contributed by atoms with van der Waals surface area (Å²) in [5.41, 5.74) is -1.27. The van der Waals surface area contributed by atoms with Gasteiger partial charge in [0.2, 0.25) is 0 Å². The fourth-order valence-electron chi connectivity index (χ4n) is 1.68. The van der Waals surface area contributed by atoms with Crippen LogP contribution in [0.4, 0.5) is 0 Å². The van der Waals surface area contributed by atoms with E-state index in [1.54, 1.807) is 6.92 Å². The van der Waals surface area contributed by atoms with Crippen LogP contribution in [0, 0.1) is 0 Å². The highest BCUT2D eigenvalue weighted by atomic mass is 16.5. The Morgan fingerprint density at radius 3 is 2.92 bits per heavy atom. The first-order valence-corrected chi connectivity index (χ1v) is 4.66. The molecular formula is C9H17NO3. The third kappa shape index (κ3) is 2.42. The van der Waals surface area contributed by atoms with E-state index in [1.165, 1.54) is 0 Å². The molecule has 1 fully saturated rings. The van der Waals surface area contributed by atoms with Gasteiger partial charge in [-0.2, -0.15) is 0 Å². The van der Waals surface area contributed by atoms with Crippen LogP contribution in [0.3, 0.4) is 0 Å². The van der Waals surface area contributed by atoms with Crippen LogP contribution in [-0.4, -0.2) is 48.3 Å². The fraction of sp³-hybridized carbons (Fsp3) is 0.889. The summed E-state index contributed by atoms with van der Waals surface area (Å²) in [6.07, 6.45) is 1.35. The molecule has 0 aromatic carbocycles. The van der Waals surface area contributed by atoms with Crippen LogP contribution in [0.25, 0.3) is 0 Å². The Balaban J connectivity index is 2.57. The van der Waals surface area contributed by atoms with Gasteiger partial charge < -0.3 is 14.7 Å². The first-order chi connectivity index (χ1) is 6.08. The predicted octanol–water partition coefficient (Wildman–Crippen LogP) is 0.00620. The van der Waals surface area contributed by atoms with Crippen molar-refractivity contribution in [2.75, 3.05) is 26.7 Å². The van der Waals surface area contributed by atoms with Crippen molar-refractivity contribution in [2.45, 2.75) is 25.4 Å². The first-order valence-electron chi connectivity index (χ1n) is 4.66. The molecule has 0 aromatic rings. The molecule has 76 valence electrons. The van der Waals surface area contributed by atoms with Gasteiger partial charge in [0.25, 0.3) is 0 Å². The number of β-amino-alcohol motifs (C(OH)–C–C–N with tert-alkyl or cyclic N) is 1. The topological polar surface area (TPSA) is 49.8 Å². The molecule has 4 nitrogen and oxygen atoms in total. The van der Waals surface area contributed by atoms with Gasteiger partial charge in [-0.25, -0.2) is 4.79 Å². The summed E-state index contributed by atoms with van der Waals surface area (Å²) in [5.74, 6) is -0.485. The Labute approximate surface area is 78.5 Å². The molecule has 0 bridgehead atoms. The number of rotatable bonds is 2. The van der Waals surface area contributed by atoms with Crippen molar-refractivity contribution in [3.63, 3.8) is 0 Å². The number of likely N-dealkylation sites (N-methyl/N-ethyl adjacent to an activating group) is 1. The lowest BCUT2D eigenvalue weighted by Gasteiger charge is -2.35. The largest absolute Gasteiger partial charge is 0.464 e. The van der Waals surface area contributed by atoms with E-state index < -0.39 is 11.6 Å². The van der Waals surface area contributed by atoms with Gasteiger partial charge in [0, 0.05) is 6.54 Å². The SMILES string of the molecule is CCOC(=O)C1(O)CCCN(C)C1. The summed E-state index contributed by atoms with van der Waals surface area (Å²) in [5, 5.41) is 9.93. The van der Waals surface area contributed by atoms with E-state index in [1.807, 2.05) is 11.9 Å². The molecule has 4 heteroatoms. The number of ether oxygens (including phenoxy) is 1. The second-order valence-corrected chi connectivity index (χ2v) is 3.59. The highest BCUT2D eigenvalue weighted by molar-refractivity contribution is 5.79. The summed E-state index contributed by atoms with van der Waals surface area (Å²) in [6, 6.07) is 0. The number of hydrogen-bond acceptors (Lipinski definition) is 4. The fourth-order valence-corrected chi connectivity index (χ4v) is 1.68. The molecule has 0 saturated carbocycles. The van der Waals surface area contributed by atoms with Crippen molar-refractivity contribution >= 4 is 5.97 Å². The average Bonchev–Trinajstić information content (AvgIpc) is 2.04. The minimum atomic E-state index is -1.27. The number of piperidine rings is 1. The van der Waals surface area contributed by atoms with Crippen molar-refractivity contribution in [3.8, 4) is 0 Å². The Hall–Kier alpha value is -0.610. The molecule has 1 heterocycles. The van der Waals surface area contributed by atoms with Gasteiger partial charge in [0.15, 0.2) is 5.60 Å². The van der Waals surface area contributed by atoms with Gasteiger partial charge in [0.05, 0.1) is 6.61 Å². The minimum absolute atomic E-state index is 0.324. The Morgan fingerprint density at radius 1 is 1.69 bits per heavy atom. The van der Waals surface area contributed by atoms with Crippen molar-refractivity contribution in [1.82, 2.24) is 4.90 Å². The molecule has 1 rings (SSSR count). The maximum Gasteiger partial charge on any atom is 0.339 e. The number of aliphatic hydroxyl groups is 1. The highest BCUT2D eigenvalue weighted by Gasteiger charge is 2.40. The van der Waals surface area contributed by atoms with E-state index in [2.05, 4.69) is 0 Å². The molecule has 0 spiro atoms. The molecule has 1 aliphatic heterocycles. The minimum Gasteiger partial charge on any atom is -0.464 e. The normalized spacial score (nSPS) is 30.1. The van der Waals surface area contributed by atoms with Crippen LogP contribution in [0.5, 0.6) is 0 Å². The van der Waals surface area contributed by atoms with Gasteiger partial charge in [-0.05, 0) is 33.4 Å². The number of carbonyl (C=O) groups is 1. The summed E-state index contributed by atoms with van der Waals surface area (Å²) < 4.78 is 4.82. The second-order valence-electron chi connectivity index (χ2n) is 3.59. The molecule has 13 heavy (non-hydrogen) atoms. The predicted molar refractivity (Wildman–Crippen MR) is 48.3 cm³/mol. The van der Waals surface area contributed by atoms with E-state index in [4.69, 9.17) is 4.74 Å². The maximum atomic E-state index is 11.4. The standard InChI is InChI=1S/C9H17NO3/c1-3-13-8(11)9(12)5-4-6-10(2)7-9/h12H,3-7H2,1-2H3. The zero-order chi connectivity index (χ0) is 9.90. The Morgan fingerprint density at radius 2 is 2.38 bits per heavy atom. The van der Waals surface area contributed by atoms with Crippen molar-refractivity contribution in [1.29, 1.82) is 0 Å². The summed E-state index contributed by atoms with van der Waals surface area (Å²) >= 11 is 0. The number of likely N-dealkylation sites (tertiary alicyclic amines) is 1. The number of esters is 1. The molecule has 1 atom stereocenters. The zero-order valence-electron chi connectivity index (χ0n) is 8.25. The zero-order valence-corrected chi connectivity index (χ0v) is 8.25. The van der Waals surface area contributed by atoms with Crippen LogP contribution in [0.1, 0.15) is 19.8 Å². The first kappa shape index (κ1) is 10.5. The molecular weight excluding hydrogens is 170 g/mol.